The van der Waals surface area contributed by atoms with E-state index in [1.54, 1.807) is 41.3 Å². The summed E-state index contributed by atoms with van der Waals surface area (Å²) in [5.74, 6) is -0.695. The lowest BCUT2D eigenvalue weighted by molar-refractivity contribution is -0.141. The second kappa shape index (κ2) is 8.46. The molecule has 1 atom stereocenters. The van der Waals surface area contributed by atoms with Crippen LogP contribution in [0.1, 0.15) is 56.7 Å². The summed E-state index contributed by atoms with van der Waals surface area (Å²) in [5.41, 5.74) is 1.22. The van der Waals surface area contributed by atoms with Crippen molar-refractivity contribution in [2.75, 3.05) is 0 Å². The molecule has 2 aromatic rings. The molecule has 6 heteroatoms. The van der Waals surface area contributed by atoms with Crippen LogP contribution in [0.5, 0.6) is 11.5 Å². The summed E-state index contributed by atoms with van der Waals surface area (Å²) in [6, 6.07) is 12.6. The second-order valence-corrected chi connectivity index (χ2v) is 8.43. The number of aliphatic hydroxyl groups is 1. The van der Waals surface area contributed by atoms with Crippen LogP contribution in [0.3, 0.4) is 0 Å². The van der Waals surface area contributed by atoms with E-state index in [0.717, 1.165) is 25.7 Å². The molecule has 2 aromatic carbocycles. The van der Waals surface area contributed by atoms with Crippen molar-refractivity contribution in [1.29, 1.82) is 0 Å². The molecule has 2 fully saturated rings. The minimum Gasteiger partial charge on any atom is -0.508 e. The highest BCUT2D eigenvalue weighted by molar-refractivity contribution is 6.46. The quantitative estimate of drug-likeness (QED) is 0.420. The third kappa shape index (κ3) is 4.02. The van der Waals surface area contributed by atoms with E-state index in [9.17, 15) is 19.8 Å². The largest absolute Gasteiger partial charge is 0.508 e. The zero-order valence-corrected chi connectivity index (χ0v) is 17.7. The van der Waals surface area contributed by atoms with Crippen LogP contribution >= 0.6 is 0 Å². The van der Waals surface area contributed by atoms with E-state index in [-0.39, 0.29) is 29.2 Å². The predicted octanol–water partition coefficient (Wildman–Crippen LogP) is 4.54. The minimum atomic E-state index is -0.685. The van der Waals surface area contributed by atoms with Gasteiger partial charge in [-0.05, 0) is 68.7 Å². The number of amides is 1. The van der Waals surface area contributed by atoms with Gasteiger partial charge >= 0.3 is 0 Å². The fourth-order valence-corrected chi connectivity index (χ4v) is 4.51. The molecular formula is C25H27NO5. The molecule has 2 N–H and O–H groups in total. The van der Waals surface area contributed by atoms with Crippen molar-refractivity contribution in [2.45, 2.75) is 57.7 Å². The van der Waals surface area contributed by atoms with E-state index < -0.39 is 17.7 Å². The summed E-state index contributed by atoms with van der Waals surface area (Å²) in [4.78, 5) is 27.7. The first-order valence-corrected chi connectivity index (χ1v) is 10.7. The summed E-state index contributed by atoms with van der Waals surface area (Å²) < 4.78 is 5.65. The van der Waals surface area contributed by atoms with Gasteiger partial charge < -0.3 is 19.8 Å². The Labute approximate surface area is 181 Å². The number of hydrogen-bond acceptors (Lipinski definition) is 5. The normalized spacial score (nSPS) is 21.3. The van der Waals surface area contributed by atoms with Crippen molar-refractivity contribution in [1.82, 2.24) is 4.90 Å². The van der Waals surface area contributed by atoms with Gasteiger partial charge in [-0.3, -0.25) is 9.59 Å². The fourth-order valence-electron chi connectivity index (χ4n) is 4.51. The van der Waals surface area contributed by atoms with Crippen molar-refractivity contribution in [2.24, 2.45) is 0 Å². The highest BCUT2D eigenvalue weighted by atomic mass is 16.5. The monoisotopic (exact) mass is 421 g/mol. The molecule has 1 aliphatic heterocycles. The first-order chi connectivity index (χ1) is 14.9. The Morgan fingerprint density at radius 3 is 2.19 bits per heavy atom. The van der Waals surface area contributed by atoms with Crippen LogP contribution in [0.2, 0.25) is 0 Å². The van der Waals surface area contributed by atoms with Crippen LogP contribution in [0.15, 0.2) is 54.1 Å². The van der Waals surface area contributed by atoms with Crippen LogP contribution in [0, 0.1) is 0 Å². The van der Waals surface area contributed by atoms with Gasteiger partial charge in [0.15, 0.2) is 0 Å². The number of Topliss-reactive ketones (excluding diaryl/α,β-unsaturated/α-hetero) is 1. The topological polar surface area (TPSA) is 87.1 Å². The number of hydrogen-bond donors (Lipinski definition) is 2. The Morgan fingerprint density at radius 2 is 1.61 bits per heavy atom. The Morgan fingerprint density at radius 1 is 1.00 bits per heavy atom. The Bertz CT molecular complexity index is 1000. The van der Waals surface area contributed by atoms with Gasteiger partial charge in [0.2, 0.25) is 0 Å². The molecule has 4 rings (SSSR count). The highest BCUT2D eigenvalue weighted by Gasteiger charge is 2.49. The first-order valence-electron chi connectivity index (χ1n) is 10.7. The molecule has 1 heterocycles. The average Bonchev–Trinajstić information content (AvgIpc) is 3.35. The maximum absolute atomic E-state index is 13.1. The van der Waals surface area contributed by atoms with Gasteiger partial charge in [-0.25, -0.2) is 0 Å². The molecule has 0 bridgehead atoms. The van der Waals surface area contributed by atoms with Crippen molar-refractivity contribution in [3.05, 3.63) is 65.2 Å². The van der Waals surface area contributed by atoms with Crippen LogP contribution < -0.4 is 4.74 Å². The number of carbonyl (C=O) groups excluding carboxylic acids is 2. The number of rotatable bonds is 5. The number of aliphatic hydroxyl groups excluding tert-OH is 1. The number of phenolic OH excluding ortho intramolecular Hbond substituents is 1. The van der Waals surface area contributed by atoms with Crippen molar-refractivity contribution in [3.8, 4) is 11.5 Å². The van der Waals surface area contributed by atoms with Crippen molar-refractivity contribution >= 4 is 17.4 Å². The molecule has 31 heavy (non-hydrogen) atoms. The first kappa shape index (κ1) is 21.0. The zero-order valence-electron chi connectivity index (χ0n) is 17.7. The number of ether oxygens (including phenoxy) is 1. The van der Waals surface area contributed by atoms with E-state index in [1.807, 2.05) is 13.8 Å². The Hall–Kier alpha value is -3.28. The van der Waals surface area contributed by atoms with Crippen molar-refractivity contribution in [3.63, 3.8) is 0 Å². The maximum Gasteiger partial charge on any atom is 0.295 e. The van der Waals surface area contributed by atoms with Gasteiger partial charge in [0.1, 0.15) is 17.3 Å². The molecule has 0 spiro atoms. The van der Waals surface area contributed by atoms with Crippen molar-refractivity contribution < 1.29 is 24.5 Å². The highest BCUT2D eigenvalue weighted by Crippen LogP contribution is 2.43. The number of likely N-dealkylation sites (tertiary alicyclic amines) is 1. The number of phenols is 1. The molecule has 0 radical (unpaired) electrons. The average molecular weight is 421 g/mol. The number of ketones is 1. The van der Waals surface area contributed by atoms with Gasteiger partial charge in [0, 0.05) is 11.6 Å². The lowest BCUT2D eigenvalue weighted by atomic mass is 9.94. The predicted molar refractivity (Wildman–Crippen MR) is 117 cm³/mol. The molecule has 2 aliphatic rings. The van der Waals surface area contributed by atoms with Crippen LogP contribution in [0.25, 0.3) is 5.76 Å². The van der Waals surface area contributed by atoms with Crippen LogP contribution in [-0.2, 0) is 9.59 Å². The lowest BCUT2D eigenvalue weighted by Crippen LogP contribution is -2.37. The molecule has 1 saturated carbocycles. The second-order valence-electron chi connectivity index (χ2n) is 8.43. The Kier molecular flexibility index (Phi) is 5.72. The van der Waals surface area contributed by atoms with E-state index in [0.29, 0.717) is 16.9 Å². The van der Waals surface area contributed by atoms with E-state index >= 15 is 0 Å². The maximum atomic E-state index is 13.1. The van der Waals surface area contributed by atoms with Gasteiger partial charge in [-0.15, -0.1) is 0 Å². The minimum absolute atomic E-state index is 0.0191. The SMILES string of the molecule is CC(C)Oc1ccc(/C(O)=C2/C(=O)C(=O)N(C3CCCC3)C2c2ccc(O)cc2)cc1. The summed E-state index contributed by atoms with van der Waals surface area (Å²) in [6.45, 7) is 3.85. The summed E-state index contributed by atoms with van der Waals surface area (Å²) in [6.07, 6.45) is 3.71. The summed E-state index contributed by atoms with van der Waals surface area (Å²) in [5, 5.41) is 20.8. The standard InChI is InChI=1S/C25H27NO5/c1-15(2)31-20-13-9-17(10-14-20)23(28)21-22(16-7-11-19(27)12-8-16)26(25(30)24(21)29)18-5-3-4-6-18/h7-15,18,22,27-28H,3-6H2,1-2H3/b23-21-. The van der Waals surface area contributed by atoms with Crippen LogP contribution in [-0.4, -0.2) is 38.9 Å². The van der Waals surface area contributed by atoms with Crippen LogP contribution in [0.4, 0.5) is 0 Å². The smallest absolute Gasteiger partial charge is 0.295 e. The zero-order chi connectivity index (χ0) is 22.1. The van der Waals surface area contributed by atoms with Gasteiger partial charge in [-0.2, -0.15) is 0 Å². The molecule has 1 unspecified atom stereocenters. The number of carbonyl (C=O) groups is 2. The molecule has 1 amide bonds. The summed E-state index contributed by atoms with van der Waals surface area (Å²) >= 11 is 0. The molecule has 162 valence electrons. The van der Waals surface area contributed by atoms with Gasteiger partial charge in [0.25, 0.3) is 11.7 Å². The summed E-state index contributed by atoms with van der Waals surface area (Å²) in [7, 11) is 0. The third-order valence-corrected chi connectivity index (χ3v) is 5.91. The van der Waals surface area contributed by atoms with Gasteiger partial charge in [-0.1, -0.05) is 25.0 Å². The number of nitrogens with zero attached hydrogens (tertiary/aromatic N) is 1. The number of benzene rings is 2. The molecule has 6 nitrogen and oxygen atoms in total. The van der Waals surface area contributed by atoms with Gasteiger partial charge in [0.05, 0.1) is 17.7 Å². The van der Waals surface area contributed by atoms with E-state index in [4.69, 9.17) is 4.74 Å². The number of aromatic hydroxyl groups is 1. The molecular weight excluding hydrogens is 394 g/mol. The fraction of sp³-hybridized carbons (Fsp3) is 0.360. The molecule has 1 aliphatic carbocycles. The lowest BCUT2D eigenvalue weighted by Gasteiger charge is -2.30. The van der Waals surface area contributed by atoms with E-state index in [1.165, 1.54) is 12.1 Å². The van der Waals surface area contributed by atoms with E-state index in [2.05, 4.69) is 0 Å². The third-order valence-electron chi connectivity index (χ3n) is 5.91. The molecule has 0 aromatic heterocycles. The molecule has 1 saturated heterocycles. The Balaban J connectivity index is 1.80.